The fourth-order valence-electron chi connectivity index (χ4n) is 6.80. The molecule has 2 aromatic heterocycles. The largest absolute Gasteiger partial charge is 0.288 e. The van der Waals surface area contributed by atoms with Crippen molar-refractivity contribution in [2.75, 3.05) is 26.2 Å². The first kappa shape index (κ1) is 21.5. The van der Waals surface area contributed by atoms with Crippen molar-refractivity contribution in [3.8, 4) is 6.07 Å². The van der Waals surface area contributed by atoms with Crippen LogP contribution in [0, 0.1) is 11.3 Å². The summed E-state index contributed by atoms with van der Waals surface area (Å²) < 4.78 is 3.23. The van der Waals surface area contributed by atoms with Crippen LogP contribution >= 0.6 is 0 Å². The molecule has 3 aliphatic rings. The van der Waals surface area contributed by atoms with Crippen molar-refractivity contribution in [1.82, 2.24) is 19.4 Å². The number of rotatable bonds is 2. The van der Waals surface area contributed by atoms with Crippen LogP contribution in [0.5, 0.6) is 0 Å². The predicted molar refractivity (Wildman–Crippen MR) is 133 cm³/mol. The van der Waals surface area contributed by atoms with Crippen LogP contribution in [0.15, 0.2) is 36.7 Å². The van der Waals surface area contributed by atoms with Crippen LogP contribution in [0.4, 0.5) is 0 Å². The number of fused-ring (bicyclic) bond motifs is 4. The third-order valence-electron chi connectivity index (χ3n) is 8.39. The van der Waals surface area contributed by atoms with Crippen LogP contribution in [0.2, 0.25) is 0 Å². The summed E-state index contributed by atoms with van der Waals surface area (Å²) in [7, 11) is 0. The third-order valence-corrected chi connectivity index (χ3v) is 8.39. The standard InChI is InChI=1S/C28H32N5O/c1-28(2)23-11-12-30-19-22(23)26(34)25-21-10-9-20(18-29)17-24(21)32(27(25)28)33(15-7-4-8-16-33)31-13-5-3-6-14-31/h9-12,17,19H,3-8,13-16H2,1-2H3/q+1. The van der Waals surface area contributed by atoms with Crippen molar-refractivity contribution >= 4 is 16.7 Å². The van der Waals surface area contributed by atoms with Gasteiger partial charge in [0.15, 0.2) is 5.78 Å². The van der Waals surface area contributed by atoms with Gasteiger partial charge in [-0.15, -0.1) is 9.71 Å². The minimum absolute atomic E-state index is 0.0553. The SMILES string of the molecule is CC1(C)c2ccncc2C(=O)c2c1n([N+]1(N3CCCCC3)CCCCC1)c1cc(C#N)ccc21. The Bertz CT molecular complexity index is 1330. The Balaban J connectivity index is 1.73. The molecule has 3 aromatic rings. The molecule has 2 saturated heterocycles. The maximum Gasteiger partial charge on any atom is 0.197 e. The second-order valence-electron chi connectivity index (χ2n) is 10.7. The maximum absolute atomic E-state index is 14.0. The topological polar surface area (TPSA) is 61.9 Å². The lowest BCUT2D eigenvalue weighted by atomic mass is 9.72. The molecule has 0 bridgehead atoms. The zero-order valence-corrected chi connectivity index (χ0v) is 20.2. The molecule has 1 aliphatic carbocycles. The lowest BCUT2D eigenvalue weighted by Gasteiger charge is -2.51. The molecule has 1 aromatic carbocycles. The smallest absolute Gasteiger partial charge is 0.197 e. The lowest BCUT2D eigenvalue weighted by Crippen LogP contribution is -2.72. The molecule has 0 N–H and O–H groups in total. The summed E-state index contributed by atoms with van der Waals surface area (Å²) in [5.74, 6) is 0.0553. The predicted octanol–water partition coefficient (Wildman–Crippen LogP) is 4.80. The van der Waals surface area contributed by atoms with Gasteiger partial charge in [0.05, 0.1) is 36.0 Å². The molecule has 2 fully saturated rings. The molecular weight excluding hydrogens is 422 g/mol. The van der Waals surface area contributed by atoms with E-state index in [0.29, 0.717) is 11.1 Å². The molecule has 0 spiro atoms. The molecule has 0 saturated carbocycles. The Morgan fingerprint density at radius 3 is 2.50 bits per heavy atom. The number of quaternary nitrogens is 1. The summed E-state index contributed by atoms with van der Waals surface area (Å²) >= 11 is 0. The fourth-order valence-corrected chi connectivity index (χ4v) is 6.80. The number of piperidine rings is 2. The Morgan fingerprint density at radius 2 is 1.76 bits per heavy atom. The van der Waals surface area contributed by atoms with E-state index in [0.717, 1.165) is 71.4 Å². The zero-order valence-electron chi connectivity index (χ0n) is 20.2. The molecule has 0 atom stereocenters. The average Bonchev–Trinajstić information content (AvgIpc) is 3.24. The summed E-state index contributed by atoms with van der Waals surface area (Å²) in [4.78, 5) is 18.3. The highest BCUT2D eigenvalue weighted by molar-refractivity contribution is 6.20. The minimum Gasteiger partial charge on any atom is -0.288 e. The number of nitriles is 1. The van der Waals surface area contributed by atoms with E-state index < -0.39 is 0 Å². The molecule has 0 radical (unpaired) electrons. The quantitative estimate of drug-likeness (QED) is 0.522. The van der Waals surface area contributed by atoms with Crippen molar-refractivity contribution in [1.29, 1.82) is 5.26 Å². The highest BCUT2D eigenvalue weighted by atomic mass is 16.1. The zero-order chi connectivity index (χ0) is 23.5. The first-order chi connectivity index (χ1) is 16.5. The molecule has 0 unspecified atom stereocenters. The summed E-state index contributed by atoms with van der Waals surface area (Å²) in [6.07, 6.45) is 10.8. The van der Waals surface area contributed by atoms with Crippen molar-refractivity contribution < 1.29 is 4.79 Å². The Morgan fingerprint density at radius 1 is 1.03 bits per heavy atom. The van der Waals surface area contributed by atoms with Gasteiger partial charge in [-0.3, -0.25) is 9.78 Å². The van der Waals surface area contributed by atoms with Crippen molar-refractivity contribution in [3.05, 3.63) is 64.6 Å². The minimum atomic E-state index is -0.369. The molecule has 2 aliphatic heterocycles. The summed E-state index contributed by atoms with van der Waals surface area (Å²) in [5, 5.41) is 13.4. The monoisotopic (exact) mass is 454 g/mol. The van der Waals surface area contributed by atoms with Gasteiger partial charge in [0, 0.05) is 41.6 Å². The van der Waals surface area contributed by atoms with Crippen LogP contribution in [0.25, 0.3) is 10.9 Å². The highest BCUT2D eigenvalue weighted by Gasteiger charge is 2.50. The second-order valence-corrected chi connectivity index (χ2v) is 10.7. The van der Waals surface area contributed by atoms with Crippen molar-refractivity contribution in [2.45, 2.75) is 57.8 Å². The second kappa shape index (κ2) is 7.76. The number of hydrogen-bond acceptors (Lipinski definition) is 4. The number of aromatic nitrogens is 2. The van der Waals surface area contributed by atoms with E-state index >= 15 is 0 Å². The normalized spacial score (nSPS) is 21.6. The molecule has 4 heterocycles. The van der Waals surface area contributed by atoms with Gasteiger partial charge in [-0.1, -0.05) is 12.5 Å². The van der Waals surface area contributed by atoms with Crippen LogP contribution in [-0.2, 0) is 5.41 Å². The summed E-state index contributed by atoms with van der Waals surface area (Å²) in [6, 6.07) is 10.2. The summed E-state index contributed by atoms with van der Waals surface area (Å²) in [5.41, 5.74) is 4.91. The number of benzene rings is 1. The number of nitrogens with zero attached hydrogens (tertiary/aromatic N) is 5. The Hall–Kier alpha value is -3.01. The number of pyridine rings is 1. The first-order valence-corrected chi connectivity index (χ1v) is 12.7. The van der Waals surface area contributed by atoms with Crippen LogP contribution in [0.3, 0.4) is 0 Å². The van der Waals surface area contributed by atoms with Gasteiger partial charge < -0.3 is 0 Å². The van der Waals surface area contributed by atoms with E-state index in [1.54, 1.807) is 12.4 Å². The number of carbonyl (C=O) groups excluding carboxylic acids is 1. The van der Waals surface area contributed by atoms with Crippen LogP contribution in [-0.4, -0.2) is 46.6 Å². The van der Waals surface area contributed by atoms with E-state index in [-0.39, 0.29) is 11.2 Å². The molecule has 6 nitrogen and oxygen atoms in total. The molecule has 174 valence electrons. The van der Waals surface area contributed by atoms with E-state index in [9.17, 15) is 10.1 Å². The van der Waals surface area contributed by atoms with Gasteiger partial charge in [0.25, 0.3) is 0 Å². The van der Waals surface area contributed by atoms with Gasteiger partial charge >= 0.3 is 0 Å². The van der Waals surface area contributed by atoms with Gasteiger partial charge in [-0.25, -0.2) is 0 Å². The van der Waals surface area contributed by atoms with E-state index in [4.69, 9.17) is 0 Å². The molecule has 6 rings (SSSR count). The van der Waals surface area contributed by atoms with Crippen molar-refractivity contribution in [3.63, 3.8) is 0 Å². The van der Waals surface area contributed by atoms with Crippen LogP contribution in [0.1, 0.15) is 85.1 Å². The summed E-state index contributed by atoms with van der Waals surface area (Å²) in [6.45, 7) is 8.69. The first-order valence-electron chi connectivity index (χ1n) is 12.7. The molecule has 34 heavy (non-hydrogen) atoms. The van der Waals surface area contributed by atoms with Crippen molar-refractivity contribution in [2.24, 2.45) is 0 Å². The average molecular weight is 455 g/mol. The fraction of sp³-hybridized carbons (Fsp3) is 0.464. The van der Waals surface area contributed by atoms with E-state index in [1.807, 2.05) is 24.3 Å². The maximum atomic E-state index is 14.0. The molecular formula is C28H32N5O+. The van der Waals surface area contributed by atoms with E-state index in [1.165, 1.54) is 25.7 Å². The number of ketones is 1. The van der Waals surface area contributed by atoms with Gasteiger partial charge in [0.2, 0.25) is 0 Å². The third kappa shape index (κ3) is 2.87. The van der Waals surface area contributed by atoms with Gasteiger partial charge in [0.1, 0.15) is 18.6 Å². The van der Waals surface area contributed by atoms with Gasteiger partial charge in [-0.05, 0) is 56.9 Å². The van der Waals surface area contributed by atoms with Crippen LogP contribution < -0.4 is 4.70 Å². The molecule has 6 heteroatoms. The molecule has 0 amide bonds. The number of carbonyl (C=O) groups is 1. The lowest BCUT2D eigenvalue weighted by molar-refractivity contribution is -0.128. The van der Waals surface area contributed by atoms with E-state index in [2.05, 4.69) is 34.6 Å². The Kier molecular flexibility index (Phi) is 4.91. The number of hydrogen-bond donors (Lipinski definition) is 0. The van der Waals surface area contributed by atoms with Gasteiger partial charge in [-0.2, -0.15) is 9.94 Å². The highest BCUT2D eigenvalue weighted by Crippen LogP contribution is 2.47. The Labute approximate surface area is 200 Å².